The first kappa shape index (κ1) is 22.2. The molecule has 1 atom stereocenters. The maximum absolute atomic E-state index is 13.6. The van der Waals surface area contributed by atoms with Crippen LogP contribution in [0.2, 0.25) is 0 Å². The van der Waals surface area contributed by atoms with Crippen LogP contribution in [0.3, 0.4) is 0 Å². The van der Waals surface area contributed by atoms with Crippen molar-refractivity contribution < 1.29 is 31.1 Å². The first-order chi connectivity index (χ1) is 15.2. The maximum Gasteiger partial charge on any atom is 0.416 e. The molecule has 32 heavy (non-hydrogen) atoms. The molecule has 1 aromatic heterocycles. The normalized spacial score (nSPS) is 17.1. The van der Waals surface area contributed by atoms with Crippen LogP contribution in [0.15, 0.2) is 65.7 Å². The summed E-state index contributed by atoms with van der Waals surface area (Å²) in [7, 11) is -1.28. The first-order valence-electron chi connectivity index (χ1n) is 9.73. The largest absolute Gasteiger partial charge is 0.493 e. The minimum Gasteiger partial charge on any atom is -0.493 e. The van der Waals surface area contributed by atoms with Crippen LogP contribution >= 0.6 is 0 Å². The maximum atomic E-state index is 13.6. The average Bonchev–Trinajstić information content (AvgIpc) is 3.26. The molecule has 4 rings (SSSR count). The summed E-state index contributed by atoms with van der Waals surface area (Å²) in [5, 5.41) is 0. The van der Waals surface area contributed by atoms with Gasteiger partial charge >= 0.3 is 6.18 Å². The van der Waals surface area contributed by atoms with Crippen molar-refractivity contribution in [3.63, 3.8) is 0 Å². The van der Waals surface area contributed by atoms with E-state index in [-0.39, 0.29) is 6.54 Å². The Bertz CT molecular complexity index is 1240. The van der Waals surface area contributed by atoms with E-state index in [1.807, 2.05) is 16.8 Å². The number of methoxy groups -OCH3 is 2. The molecule has 0 N–H and O–H groups in total. The molecule has 0 bridgehead atoms. The monoisotopic (exact) mass is 466 g/mol. The molecule has 1 aliphatic rings. The predicted octanol–water partition coefficient (Wildman–Crippen LogP) is 4.32. The molecular weight excluding hydrogens is 445 g/mol. The van der Waals surface area contributed by atoms with Gasteiger partial charge in [0, 0.05) is 25.0 Å². The summed E-state index contributed by atoms with van der Waals surface area (Å²) in [5.74, 6) is 0.903. The zero-order valence-electron chi connectivity index (χ0n) is 17.3. The Balaban J connectivity index is 1.84. The topological polar surface area (TPSA) is 60.8 Å². The third-order valence-corrected chi connectivity index (χ3v) is 7.35. The van der Waals surface area contributed by atoms with Gasteiger partial charge in [0.15, 0.2) is 11.5 Å². The molecule has 6 nitrogen and oxygen atoms in total. The van der Waals surface area contributed by atoms with E-state index in [1.54, 1.807) is 24.3 Å². The molecule has 0 fully saturated rings. The van der Waals surface area contributed by atoms with E-state index in [9.17, 15) is 21.6 Å². The third-order valence-electron chi connectivity index (χ3n) is 5.49. The van der Waals surface area contributed by atoms with Gasteiger partial charge in [0.25, 0.3) is 0 Å². The van der Waals surface area contributed by atoms with Gasteiger partial charge in [-0.3, -0.25) is 0 Å². The average molecular weight is 466 g/mol. The summed E-state index contributed by atoms with van der Waals surface area (Å²) >= 11 is 0. The molecular formula is C22H21F3N2O4S. The lowest BCUT2D eigenvalue weighted by Crippen LogP contribution is -2.42. The van der Waals surface area contributed by atoms with Gasteiger partial charge in [0.05, 0.1) is 30.7 Å². The molecule has 0 saturated heterocycles. The molecule has 2 heterocycles. The van der Waals surface area contributed by atoms with E-state index in [1.165, 1.54) is 24.6 Å². The van der Waals surface area contributed by atoms with Crippen molar-refractivity contribution >= 4 is 10.0 Å². The lowest BCUT2D eigenvalue weighted by molar-refractivity contribution is -0.137. The Kier molecular flexibility index (Phi) is 5.68. The van der Waals surface area contributed by atoms with Crippen LogP contribution in [-0.4, -0.2) is 38.1 Å². The lowest BCUT2D eigenvalue weighted by Gasteiger charge is -2.36. The van der Waals surface area contributed by atoms with Crippen LogP contribution in [0.25, 0.3) is 0 Å². The Labute approximate surface area is 183 Å². The highest BCUT2D eigenvalue weighted by atomic mass is 32.2. The van der Waals surface area contributed by atoms with E-state index in [0.29, 0.717) is 35.4 Å². The second-order valence-electron chi connectivity index (χ2n) is 7.28. The standard InChI is InChI=1S/C22H21F3N2O4S/c1-30-19-9-8-15(13-20(19)31-2)21-18-7-4-10-26(18)11-12-27(21)32(28,29)17-6-3-5-16(14-17)22(23,24)25/h3-10,13-14,21H,11-12H2,1-2H3/t21-/m1/s1. The number of rotatable bonds is 5. The van der Waals surface area contributed by atoms with Crippen LogP contribution < -0.4 is 9.47 Å². The molecule has 10 heteroatoms. The Morgan fingerprint density at radius 3 is 2.38 bits per heavy atom. The fourth-order valence-electron chi connectivity index (χ4n) is 3.95. The van der Waals surface area contributed by atoms with Crippen LogP contribution in [0.1, 0.15) is 22.9 Å². The summed E-state index contributed by atoms with van der Waals surface area (Å²) in [4.78, 5) is -0.405. The van der Waals surface area contributed by atoms with Gasteiger partial charge in [0.1, 0.15) is 0 Å². The highest BCUT2D eigenvalue weighted by molar-refractivity contribution is 7.89. The van der Waals surface area contributed by atoms with E-state index in [2.05, 4.69) is 0 Å². The summed E-state index contributed by atoms with van der Waals surface area (Å²) in [6.45, 7) is 0.476. The van der Waals surface area contributed by atoms with E-state index in [0.717, 1.165) is 12.1 Å². The van der Waals surface area contributed by atoms with Gasteiger partial charge in [0.2, 0.25) is 10.0 Å². The number of hydrogen-bond donors (Lipinski definition) is 0. The van der Waals surface area contributed by atoms with Crippen LogP contribution in [0, 0.1) is 0 Å². The number of ether oxygens (including phenoxy) is 2. The number of benzene rings is 2. The van der Waals surface area contributed by atoms with E-state index >= 15 is 0 Å². The molecule has 1 aliphatic heterocycles. The summed E-state index contributed by atoms with van der Waals surface area (Å²) in [5.41, 5.74) is 0.304. The quantitative estimate of drug-likeness (QED) is 0.562. The summed E-state index contributed by atoms with van der Waals surface area (Å²) < 4.78 is 80.6. The molecule has 0 amide bonds. The zero-order valence-corrected chi connectivity index (χ0v) is 18.2. The molecule has 0 radical (unpaired) electrons. The summed E-state index contributed by atoms with van der Waals surface area (Å²) in [6.07, 6.45) is -2.80. The van der Waals surface area contributed by atoms with Crippen molar-refractivity contribution in [2.75, 3.05) is 20.8 Å². The molecule has 170 valence electrons. The molecule has 2 aromatic carbocycles. The van der Waals surface area contributed by atoms with Gasteiger partial charge in [-0.25, -0.2) is 8.42 Å². The second kappa shape index (κ2) is 8.18. The predicted molar refractivity (Wildman–Crippen MR) is 111 cm³/mol. The Hall–Kier alpha value is -2.98. The van der Waals surface area contributed by atoms with Crippen molar-refractivity contribution in [1.82, 2.24) is 8.87 Å². The molecule has 0 unspecified atom stereocenters. The highest BCUT2D eigenvalue weighted by Gasteiger charge is 2.39. The lowest BCUT2D eigenvalue weighted by atomic mass is 10.0. The number of aromatic nitrogens is 1. The van der Waals surface area contributed by atoms with Gasteiger partial charge < -0.3 is 14.0 Å². The Morgan fingerprint density at radius 2 is 1.69 bits per heavy atom. The smallest absolute Gasteiger partial charge is 0.416 e. The van der Waals surface area contributed by atoms with Crippen LogP contribution in [-0.2, 0) is 22.7 Å². The van der Waals surface area contributed by atoms with Crippen LogP contribution in [0.4, 0.5) is 13.2 Å². The van der Waals surface area contributed by atoms with Gasteiger partial charge in [-0.1, -0.05) is 12.1 Å². The number of nitrogens with zero attached hydrogens (tertiary/aromatic N) is 2. The van der Waals surface area contributed by atoms with Gasteiger partial charge in [-0.2, -0.15) is 17.5 Å². The van der Waals surface area contributed by atoms with E-state index in [4.69, 9.17) is 9.47 Å². The second-order valence-corrected chi connectivity index (χ2v) is 9.18. The van der Waals surface area contributed by atoms with Gasteiger partial charge in [-0.05, 0) is 48.0 Å². The van der Waals surface area contributed by atoms with Crippen molar-refractivity contribution in [2.45, 2.75) is 23.7 Å². The first-order valence-corrected chi connectivity index (χ1v) is 11.2. The molecule has 0 spiro atoms. The highest BCUT2D eigenvalue weighted by Crippen LogP contribution is 2.40. The number of sulfonamides is 1. The molecule has 0 aliphatic carbocycles. The number of hydrogen-bond acceptors (Lipinski definition) is 4. The van der Waals surface area contributed by atoms with Crippen molar-refractivity contribution in [3.05, 3.63) is 77.6 Å². The molecule has 0 saturated carbocycles. The van der Waals surface area contributed by atoms with E-state index < -0.39 is 32.7 Å². The minimum absolute atomic E-state index is 0.0965. The number of alkyl halides is 3. The van der Waals surface area contributed by atoms with Crippen molar-refractivity contribution in [3.8, 4) is 11.5 Å². The minimum atomic E-state index is -4.65. The zero-order chi connectivity index (χ0) is 23.1. The Morgan fingerprint density at radius 1 is 0.938 bits per heavy atom. The fraction of sp³-hybridized carbons (Fsp3) is 0.273. The number of halogens is 3. The summed E-state index contributed by atoms with van der Waals surface area (Å²) in [6, 6.07) is 11.8. The third kappa shape index (κ3) is 3.84. The van der Waals surface area contributed by atoms with Crippen LogP contribution in [0.5, 0.6) is 11.5 Å². The SMILES string of the molecule is COc1ccc([C@@H]2c3cccn3CCN2S(=O)(=O)c2cccc(C(F)(F)F)c2)cc1OC. The fourth-order valence-corrected chi connectivity index (χ4v) is 5.58. The van der Waals surface area contributed by atoms with Gasteiger partial charge in [-0.15, -0.1) is 0 Å². The molecule has 3 aromatic rings. The van der Waals surface area contributed by atoms with Crippen molar-refractivity contribution in [2.24, 2.45) is 0 Å². The van der Waals surface area contributed by atoms with Crippen molar-refractivity contribution in [1.29, 1.82) is 0 Å². The number of fused-ring (bicyclic) bond motifs is 1.